The molecule has 1 aliphatic rings. The number of rotatable bonds is 2. The second-order valence-corrected chi connectivity index (χ2v) is 6.30. The summed E-state index contributed by atoms with van der Waals surface area (Å²) >= 11 is 0. The predicted octanol–water partition coefficient (Wildman–Crippen LogP) is -1.69. The molecule has 0 spiro atoms. The minimum Gasteiger partial charge on any atom is -0.478 e. The first-order valence-corrected chi connectivity index (χ1v) is 6.93. The molecule has 1 heterocycles. The summed E-state index contributed by atoms with van der Waals surface area (Å²) < 4.78 is 46.9. The van der Waals surface area contributed by atoms with E-state index < -0.39 is 41.4 Å². The fourth-order valence-corrected chi connectivity index (χ4v) is 3.10. The van der Waals surface area contributed by atoms with Gasteiger partial charge in [0.25, 0.3) is 15.1 Å². The number of sulfonamides is 1. The molecule has 0 bridgehead atoms. The highest BCUT2D eigenvalue weighted by atomic mass is 32.2. The zero-order valence-corrected chi connectivity index (χ0v) is 9.37. The monoisotopic (exact) mass is 267 g/mol. The molecule has 1 rings (SSSR count). The molecular weight excluding hydrogens is 262 g/mol. The standard InChI is InChI=1S/C6H5NO7S2/c1-15(11,12)6(10)4-3(5(8)9)2-7-16(4,13)14/h2H,1H3,(H,8,9). The number of aliphatic carboxylic acids is 1. The van der Waals surface area contributed by atoms with E-state index in [0.29, 0.717) is 12.5 Å². The van der Waals surface area contributed by atoms with Crippen LogP contribution in [0.3, 0.4) is 0 Å². The highest BCUT2D eigenvalue weighted by Crippen LogP contribution is 2.22. The van der Waals surface area contributed by atoms with Gasteiger partial charge in [0.05, 0.1) is 6.21 Å². The molecule has 0 amide bonds. The van der Waals surface area contributed by atoms with E-state index in [4.69, 9.17) is 5.11 Å². The van der Waals surface area contributed by atoms with Gasteiger partial charge in [0, 0.05) is 6.26 Å². The topological polar surface area (TPSA) is 135 Å². The summed E-state index contributed by atoms with van der Waals surface area (Å²) in [4.78, 5) is 20.5. The van der Waals surface area contributed by atoms with E-state index in [1.54, 1.807) is 0 Å². The third-order valence-corrected chi connectivity index (χ3v) is 3.89. The molecule has 0 atom stereocenters. The summed E-state index contributed by atoms with van der Waals surface area (Å²) in [6.45, 7) is 0. The average molecular weight is 267 g/mol. The number of carboxylic acid groups (broad SMARTS) is 1. The predicted molar refractivity (Wildman–Crippen MR) is 51.9 cm³/mol. The van der Waals surface area contributed by atoms with Gasteiger partial charge in [-0.05, 0) is 0 Å². The minimum absolute atomic E-state index is 0.427. The molecule has 0 aromatic carbocycles. The Kier molecular flexibility index (Phi) is 2.73. The summed E-state index contributed by atoms with van der Waals surface area (Å²) in [6, 6.07) is 0. The fourth-order valence-electron chi connectivity index (χ4n) is 0.908. The van der Waals surface area contributed by atoms with Gasteiger partial charge in [-0.1, -0.05) is 0 Å². The van der Waals surface area contributed by atoms with E-state index in [-0.39, 0.29) is 0 Å². The van der Waals surface area contributed by atoms with E-state index in [0.717, 1.165) is 0 Å². The maximum atomic E-state index is 11.2. The molecule has 0 aromatic rings. The molecule has 16 heavy (non-hydrogen) atoms. The lowest BCUT2D eigenvalue weighted by molar-refractivity contribution is -0.132. The Morgan fingerprint density at radius 1 is 1.38 bits per heavy atom. The molecular formula is C6H5NO7S2. The van der Waals surface area contributed by atoms with Gasteiger partial charge in [0.15, 0.2) is 4.91 Å². The lowest BCUT2D eigenvalue weighted by Crippen LogP contribution is -2.21. The molecule has 0 aromatic heterocycles. The van der Waals surface area contributed by atoms with Crippen LogP contribution in [-0.2, 0) is 29.4 Å². The van der Waals surface area contributed by atoms with Crippen LogP contribution in [-0.4, -0.2) is 45.5 Å². The van der Waals surface area contributed by atoms with Gasteiger partial charge in [-0.3, -0.25) is 4.79 Å². The number of nitrogens with zero attached hydrogens (tertiary/aromatic N) is 1. The van der Waals surface area contributed by atoms with E-state index in [9.17, 15) is 26.4 Å². The Labute approximate surface area is 90.3 Å². The van der Waals surface area contributed by atoms with Gasteiger partial charge < -0.3 is 5.11 Å². The van der Waals surface area contributed by atoms with Gasteiger partial charge >= 0.3 is 5.97 Å². The Bertz CT molecular complexity index is 634. The van der Waals surface area contributed by atoms with Gasteiger partial charge in [0.1, 0.15) is 5.57 Å². The quantitative estimate of drug-likeness (QED) is 0.630. The molecule has 10 heteroatoms. The van der Waals surface area contributed by atoms with Crippen molar-refractivity contribution in [2.45, 2.75) is 0 Å². The van der Waals surface area contributed by atoms with Crippen LogP contribution in [0.5, 0.6) is 0 Å². The molecule has 0 fully saturated rings. The maximum Gasteiger partial charge on any atom is 0.338 e. The Morgan fingerprint density at radius 2 is 1.88 bits per heavy atom. The molecule has 0 radical (unpaired) electrons. The van der Waals surface area contributed by atoms with Gasteiger partial charge in [-0.2, -0.15) is 12.8 Å². The van der Waals surface area contributed by atoms with E-state index in [2.05, 4.69) is 4.40 Å². The first-order chi connectivity index (χ1) is 7.07. The van der Waals surface area contributed by atoms with Crippen molar-refractivity contribution in [3.63, 3.8) is 0 Å². The minimum atomic E-state index is -4.52. The number of carbonyl (C=O) groups excluding carboxylic acids is 1. The van der Waals surface area contributed by atoms with Crippen molar-refractivity contribution in [1.29, 1.82) is 0 Å². The number of sulfone groups is 1. The molecule has 1 N–H and O–H groups in total. The highest BCUT2D eigenvalue weighted by molar-refractivity contribution is 8.09. The number of hydrogen-bond acceptors (Lipinski definition) is 6. The van der Waals surface area contributed by atoms with Crippen molar-refractivity contribution < 1.29 is 31.5 Å². The molecule has 0 saturated carbocycles. The lowest BCUT2D eigenvalue weighted by Gasteiger charge is -1.99. The largest absolute Gasteiger partial charge is 0.478 e. The Hall–Kier alpha value is -1.55. The molecule has 0 aliphatic carbocycles. The van der Waals surface area contributed by atoms with E-state index >= 15 is 0 Å². The molecule has 88 valence electrons. The fraction of sp³-hybridized carbons (Fsp3) is 0.167. The highest BCUT2D eigenvalue weighted by Gasteiger charge is 2.39. The summed E-state index contributed by atoms with van der Waals surface area (Å²) in [5, 5.41) is 6.79. The van der Waals surface area contributed by atoms with Gasteiger partial charge in [0.2, 0.25) is 9.84 Å². The third kappa shape index (κ3) is 2.02. The maximum absolute atomic E-state index is 11.2. The van der Waals surface area contributed by atoms with Crippen LogP contribution < -0.4 is 0 Å². The molecule has 0 saturated heterocycles. The van der Waals surface area contributed by atoms with Crippen molar-refractivity contribution in [1.82, 2.24) is 0 Å². The van der Waals surface area contributed by atoms with Crippen LogP contribution in [0.2, 0.25) is 0 Å². The first kappa shape index (κ1) is 12.5. The molecule has 8 nitrogen and oxygen atoms in total. The van der Waals surface area contributed by atoms with Crippen molar-refractivity contribution in [2.24, 2.45) is 4.40 Å². The smallest absolute Gasteiger partial charge is 0.338 e. The average Bonchev–Trinajstić information content (AvgIpc) is 2.38. The van der Waals surface area contributed by atoms with Crippen molar-refractivity contribution in [2.75, 3.05) is 6.26 Å². The molecule has 1 aliphatic heterocycles. The van der Waals surface area contributed by atoms with Crippen LogP contribution in [0.4, 0.5) is 0 Å². The van der Waals surface area contributed by atoms with Crippen LogP contribution in [0.1, 0.15) is 0 Å². The lowest BCUT2D eigenvalue weighted by atomic mass is 10.3. The second kappa shape index (κ2) is 3.49. The van der Waals surface area contributed by atoms with E-state index in [1.165, 1.54) is 0 Å². The summed E-state index contributed by atoms with van der Waals surface area (Å²) in [7, 11) is -8.87. The van der Waals surface area contributed by atoms with Gasteiger partial charge in [-0.15, -0.1) is 0 Å². The number of carboxylic acids is 1. The van der Waals surface area contributed by atoms with E-state index in [1.807, 2.05) is 0 Å². The normalized spacial score (nSPS) is 18.8. The van der Waals surface area contributed by atoms with Crippen LogP contribution >= 0.6 is 0 Å². The van der Waals surface area contributed by atoms with Crippen molar-refractivity contribution >= 4 is 37.2 Å². The third-order valence-electron chi connectivity index (χ3n) is 1.58. The summed E-state index contributed by atoms with van der Waals surface area (Å²) in [5.41, 5.74) is -0.949. The Balaban J connectivity index is 3.58. The zero-order valence-electron chi connectivity index (χ0n) is 7.74. The van der Waals surface area contributed by atoms with Gasteiger partial charge in [-0.25, -0.2) is 13.2 Å². The molecule has 0 unspecified atom stereocenters. The van der Waals surface area contributed by atoms with Crippen molar-refractivity contribution in [3.8, 4) is 0 Å². The summed E-state index contributed by atoms with van der Waals surface area (Å²) in [6.07, 6.45) is 0.908. The second-order valence-electron chi connectivity index (χ2n) is 2.82. The zero-order chi connectivity index (χ0) is 12.7. The van der Waals surface area contributed by atoms with Crippen LogP contribution in [0.25, 0.3) is 0 Å². The Morgan fingerprint density at radius 3 is 2.25 bits per heavy atom. The summed E-state index contributed by atoms with van der Waals surface area (Å²) in [5.74, 6) is -1.74. The number of hydrogen-bond donors (Lipinski definition) is 1. The van der Waals surface area contributed by atoms with Crippen LogP contribution in [0, 0.1) is 0 Å². The van der Waals surface area contributed by atoms with Crippen LogP contribution in [0.15, 0.2) is 14.9 Å². The van der Waals surface area contributed by atoms with Crippen molar-refractivity contribution in [3.05, 3.63) is 10.5 Å². The first-order valence-electron chi connectivity index (χ1n) is 3.59. The SMILES string of the molecule is CS(=O)(=O)C(=O)C1=C(C(=O)O)C=NS1(=O)=O. The number of carbonyl (C=O) groups is 2.